The van der Waals surface area contributed by atoms with Gasteiger partial charge in [0.15, 0.2) is 0 Å². The molecule has 0 saturated carbocycles. The average molecular weight is 232 g/mol. The topological polar surface area (TPSA) is 52.6 Å². The third-order valence-corrected chi connectivity index (χ3v) is 2.26. The van der Waals surface area contributed by atoms with Gasteiger partial charge >= 0.3 is 0 Å². The second-order valence-corrected chi connectivity index (χ2v) is 3.47. The Morgan fingerprint density at radius 1 is 1.59 bits per heavy atom. The number of hydrogen-bond donors (Lipinski definition) is 2. The Kier molecular flexibility index (Phi) is 5.05. The number of phenols is 1. The third-order valence-electron chi connectivity index (χ3n) is 2.26. The molecule has 1 rings (SSSR count). The highest BCUT2D eigenvalue weighted by atomic mass is 16.3. The number of amides is 1. The van der Waals surface area contributed by atoms with Crippen molar-refractivity contribution in [3.8, 4) is 18.1 Å². The standard InChI is InChI=1S/C13H16N2O2/c1-3-8-14-10-13(17)15(4-2)11-6-5-7-12(16)9-11/h1,5-7,9,14,16H,4,8,10H2,2H3. The monoisotopic (exact) mass is 232 g/mol. The molecule has 0 aliphatic carbocycles. The van der Waals surface area contributed by atoms with Crippen molar-refractivity contribution in [3.63, 3.8) is 0 Å². The summed E-state index contributed by atoms with van der Waals surface area (Å²) in [5.41, 5.74) is 0.681. The van der Waals surface area contributed by atoms with Crippen molar-refractivity contribution >= 4 is 11.6 Å². The predicted octanol–water partition coefficient (Wildman–Crippen LogP) is 0.968. The second kappa shape index (κ2) is 6.56. The van der Waals surface area contributed by atoms with Gasteiger partial charge < -0.3 is 10.0 Å². The summed E-state index contributed by atoms with van der Waals surface area (Å²) in [4.78, 5) is 13.5. The molecule has 0 radical (unpaired) electrons. The summed E-state index contributed by atoms with van der Waals surface area (Å²) < 4.78 is 0. The van der Waals surface area contributed by atoms with Crippen LogP contribution in [0.15, 0.2) is 24.3 Å². The van der Waals surface area contributed by atoms with Gasteiger partial charge in [0, 0.05) is 18.3 Å². The molecule has 0 bridgehead atoms. The number of rotatable bonds is 5. The van der Waals surface area contributed by atoms with Crippen LogP contribution < -0.4 is 10.2 Å². The summed E-state index contributed by atoms with van der Waals surface area (Å²) in [5, 5.41) is 12.2. The number of hydrogen-bond acceptors (Lipinski definition) is 3. The molecule has 0 aliphatic rings. The third kappa shape index (κ3) is 3.82. The smallest absolute Gasteiger partial charge is 0.240 e. The zero-order chi connectivity index (χ0) is 12.7. The van der Waals surface area contributed by atoms with Gasteiger partial charge in [0.25, 0.3) is 0 Å². The van der Waals surface area contributed by atoms with E-state index >= 15 is 0 Å². The first-order valence-electron chi connectivity index (χ1n) is 5.42. The maximum atomic E-state index is 11.9. The Balaban J connectivity index is 2.71. The molecule has 17 heavy (non-hydrogen) atoms. The van der Waals surface area contributed by atoms with Crippen LogP contribution in [0.25, 0.3) is 0 Å². The minimum atomic E-state index is -0.0756. The van der Waals surface area contributed by atoms with Gasteiger partial charge in [0.05, 0.1) is 13.1 Å². The summed E-state index contributed by atoms with van der Waals surface area (Å²) in [5.74, 6) is 2.48. The molecule has 90 valence electrons. The van der Waals surface area contributed by atoms with Gasteiger partial charge in [-0.1, -0.05) is 12.0 Å². The highest BCUT2D eigenvalue weighted by Crippen LogP contribution is 2.19. The summed E-state index contributed by atoms with van der Waals surface area (Å²) in [6, 6.07) is 6.61. The SMILES string of the molecule is C#CCNCC(=O)N(CC)c1cccc(O)c1. The lowest BCUT2D eigenvalue weighted by Gasteiger charge is -2.21. The molecule has 0 spiro atoms. The van der Waals surface area contributed by atoms with E-state index in [1.165, 1.54) is 0 Å². The molecular weight excluding hydrogens is 216 g/mol. The summed E-state index contributed by atoms with van der Waals surface area (Å²) in [6.45, 7) is 2.97. The van der Waals surface area contributed by atoms with Crippen LogP contribution in [0.3, 0.4) is 0 Å². The van der Waals surface area contributed by atoms with Gasteiger partial charge in [-0.25, -0.2) is 0 Å². The fraction of sp³-hybridized carbons (Fsp3) is 0.308. The minimum Gasteiger partial charge on any atom is -0.508 e. The lowest BCUT2D eigenvalue weighted by Crippen LogP contribution is -2.38. The fourth-order valence-electron chi connectivity index (χ4n) is 1.50. The van der Waals surface area contributed by atoms with Crippen molar-refractivity contribution < 1.29 is 9.90 Å². The van der Waals surface area contributed by atoms with Gasteiger partial charge in [0.1, 0.15) is 5.75 Å². The Morgan fingerprint density at radius 3 is 2.94 bits per heavy atom. The van der Waals surface area contributed by atoms with Crippen LogP contribution in [0, 0.1) is 12.3 Å². The lowest BCUT2D eigenvalue weighted by atomic mass is 10.2. The Labute approximate surface area is 101 Å². The molecule has 2 N–H and O–H groups in total. The Morgan fingerprint density at radius 2 is 2.35 bits per heavy atom. The van der Waals surface area contributed by atoms with E-state index in [0.29, 0.717) is 18.8 Å². The number of aromatic hydroxyl groups is 1. The van der Waals surface area contributed by atoms with Crippen LogP contribution >= 0.6 is 0 Å². The van der Waals surface area contributed by atoms with E-state index in [4.69, 9.17) is 6.42 Å². The number of nitrogens with zero attached hydrogens (tertiary/aromatic N) is 1. The molecule has 1 amide bonds. The van der Waals surface area contributed by atoms with Gasteiger partial charge in [-0.15, -0.1) is 6.42 Å². The highest BCUT2D eigenvalue weighted by Gasteiger charge is 2.13. The van der Waals surface area contributed by atoms with E-state index in [1.54, 1.807) is 29.2 Å². The number of anilines is 1. The zero-order valence-corrected chi connectivity index (χ0v) is 9.81. The van der Waals surface area contributed by atoms with Crippen LogP contribution in [0.5, 0.6) is 5.75 Å². The average Bonchev–Trinajstić information content (AvgIpc) is 2.30. The molecule has 0 aliphatic heterocycles. The normalized spacial score (nSPS) is 9.65. The van der Waals surface area contributed by atoms with E-state index in [0.717, 1.165) is 0 Å². The molecule has 0 heterocycles. The van der Waals surface area contributed by atoms with Crippen LogP contribution in [0.1, 0.15) is 6.92 Å². The van der Waals surface area contributed by atoms with Gasteiger partial charge in [0.2, 0.25) is 5.91 Å². The molecule has 4 nitrogen and oxygen atoms in total. The highest BCUT2D eigenvalue weighted by molar-refractivity contribution is 5.94. The Hall–Kier alpha value is -1.99. The quantitative estimate of drug-likeness (QED) is 0.587. The molecule has 1 aromatic rings. The molecular formula is C13H16N2O2. The molecule has 0 saturated heterocycles. The zero-order valence-electron chi connectivity index (χ0n) is 9.81. The molecule has 1 aromatic carbocycles. The maximum Gasteiger partial charge on any atom is 0.240 e. The van der Waals surface area contributed by atoms with Crippen LogP contribution in [0.4, 0.5) is 5.69 Å². The first-order chi connectivity index (χ1) is 8.19. The van der Waals surface area contributed by atoms with Crippen molar-refractivity contribution in [2.45, 2.75) is 6.92 Å². The fourth-order valence-corrected chi connectivity index (χ4v) is 1.50. The minimum absolute atomic E-state index is 0.0756. The second-order valence-electron chi connectivity index (χ2n) is 3.47. The van der Waals surface area contributed by atoms with Gasteiger partial charge in [-0.2, -0.15) is 0 Å². The summed E-state index contributed by atoms with van der Waals surface area (Å²) >= 11 is 0. The van der Waals surface area contributed by atoms with Crippen molar-refractivity contribution in [1.29, 1.82) is 0 Å². The van der Waals surface area contributed by atoms with Crippen LogP contribution in [0.2, 0.25) is 0 Å². The van der Waals surface area contributed by atoms with Crippen LogP contribution in [-0.4, -0.2) is 30.6 Å². The molecule has 0 atom stereocenters. The van der Waals surface area contributed by atoms with E-state index in [-0.39, 0.29) is 18.2 Å². The predicted molar refractivity (Wildman–Crippen MR) is 67.8 cm³/mol. The number of terminal acetylenes is 1. The number of nitrogens with one attached hydrogen (secondary N) is 1. The number of phenolic OH excluding ortho intramolecular Hbond substituents is 1. The largest absolute Gasteiger partial charge is 0.508 e. The van der Waals surface area contributed by atoms with Crippen LogP contribution in [-0.2, 0) is 4.79 Å². The summed E-state index contributed by atoms with van der Waals surface area (Å²) in [7, 11) is 0. The van der Waals surface area contributed by atoms with E-state index in [2.05, 4.69) is 11.2 Å². The number of likely N-dealkylation sites (N-methyl/N-ethyl adjacent to an activating group) is 1. The van der Waals surface area contributed by atoms with Gasteiger partial charge in [-0.05, 0) is 19.1 Å². The lowest BCUT2D eigenvalue weighted by molar-refractivity contribution is -0.117. The maximum absolute atomic E-state index is 11.9. The number of carbonyl (C=O) groups excluding carboxylic acids is 1. The van der Waals surface area contributed by atoms with E-state index in [1.807, 2.05) is 6.92 Å². The number of carbonyl (C=O) groups is 1. The van der Waals surface area contributed by atoms with Crippen molar-refractivity contribution in [3.05, 3.63) is 24.3 Å². The first kappa shape index (κ1) is 13.1. The van der Waals surface area contributed by atoms with Crippen molar-refractivity contribution in [2.75, 3.05) is 24.5 Å². The molecule has 4 heteroatoms. The van der Waals surface area contributed by atoms with E-state index in [9.17, 15) is 9.90 Å². The Bertz CT molecular complexity index is 424. The molecule has 0 fully saturated rings. The van der Waals surface area contributed by atoms with Crippen molar-refractivity contribution in [2.24, 2.45) is 0 Å². The first-order valence-corrected chi connectivity index (χ1v) is 5.42. The van der Waals surface area contributed by atoms with E-state index < -0.39 is 0 Å². The van der Waals surface area contributed by atoms with Gasteiger partial charge in [-0.3, -0.25) is 10.1 Å². The number of benzene rings is 1. The summed E-state index contributed by atoms with van der Waals surface area (Å²) in [6.07, 6.45) is 5.08. The molecule has 0 aromatic heterocycles. The molecule has 0 unspecified atom stereocenters. The van der Waals surface area contributed by atoms with Crippen molar-refractivity contribution in [1.82, 2.24) is 5.32 Å².